The van der Waals surface area contributed by atoms with Crippen LogP contribution < -0.4 is 0 Å². The van der Waals surface area contributed by atoms with Crippen molar-refractivity contribution in [2.24, 2.45) is 0 Å². The van der Waals surface area contributed by atoms with Crippen LogP contribution in [0, 0.1) is 0 Å². The first-order valence-electron chi connectivity index (χ1n) is 5.78. The Bertz CT molecular complexity index is 243. The molecule has 1 amide bonds. The maximum atomic E-state index is 11.6. The second kappa shape index (κ2) is 4.71. The SMILES string of the molecule is CN(C[C@H]1CCCN1C(=O)CCl)C1CC1. The standard InChI is InChI=1S/C11H19ClN2O/c1-13(9-4-5-9)8-10-3-2-6-14(10)11(15)7-12/h9-10H,2-8H2,1H3/t10-/m1/s1. The van der Waals surface area contributed by atoms with Gasteiger partial charge >= 0.3 is 0 Å². The lowest BCUT2D eigenvalue weighted by molar-refractivity contribution is -0.129. The Labute approximate surface area is 96.4 Å². The van der Waals surface area contributed by atoms with Gasteiger partial charge in [0, 0.05) is 25.2 Å². The van der Waals surface area contributed by atoms with E-state index in [4.69, 9.17) is 11.6 Å². The van der Waals surface area contributed by atoms with E-state index in [9.17, 15) is 4.79 Å². The van der Waals surface area contributed by atoms with Crippen LogP contribution in [-0.4, -0.2) is 53.8 Å². The molecule has 1 aliphatic heterocycles. The van der Waals surface area contributed by atoms with Gasteiger partial charge in [-0.05, 0) is 32.7 Å². The van der Waals surface area contributed by atoms with E-state index in [0.717, 1.165) is 32.0 Å². The summed E-state index contributed by atoms with van der Waals surface area (Å²) >= 11 is 5.60. The topological polar surface area (TPSA) is 23.6 Å². The van der Waals surface area contributed by atoms with Crippen molar-refractivity contribution in [3.8, 4) is 0 Å². The van der Waals surface area contributed by atoms with Gasteiger partial charge in [-0.15, -0.1) is 11.6 Å². The summed E-state index contributed by atoms with van der Waals surface area (Å²) in [5.74, 6) is 0.229. The molecule has 0 bridgehead atoms. The maximum Gasteiger partial charge on any atom is 0.237 e. The summed E-state index contributed by atoms with van der Waals surface area (Å²) in [6.45, 7) is 1.92. The minimum atomic E-state index is 0.100. The van der Waals surface area contributed by atoms with Crippen LogP contribution in [0.3, 0.4) is 0 Å². The van der Waals surface area contributed by atoms with E-state index >= 15 is 0 Å². The van der Waals surface area contributed by atoms with Crippen molar-refractivity contribution in [2.75, 3.05) is 26.0 Å². The fourth-order valence-electron chi connectivity index (χ4n) is 2.43. The molecule has 2 aliphatic rings. The average Bonchev–Trinajstić information content (AvgIpc) is 2.99. The summed E-state index contributed by atoms with van der Waals surface area (Å²) < 4.78 is 0. The molecule has 4 heteroatoms. The average molecular weight is 231 g/mol. The summed E-state index contributed by atoms with van der Waals surface area (Å²) in [6.07, 6.45) is 4.92. The van der Waals surface area contributed by atoms with E-state index < -0.39 is 0 Å². The molecule has 0 spiro atoms. The fourth-order valence-corrected chi connectivity index (χ4v) is 2.58. The van der Waals surface area contributed by atoms with Gasteiger partial charge in [-0.3, -0.25) is 4.79 Å². The van der Waals surface area contributed by atoms with Crippen LogP contribution in [0.25, 0.3) is 0 Å². The molecule has 2 fully saturated rings. The van der Waals surface area contributed by atoms with Crippen LogP contribution in [0.4, 0.5) is 0 Å². The lowest BCUT2D eigenvalue weighted by atomic mass is 10.2. The number of carbonyl (C=O) groups excluding carboxylic acids is 1. The predicted octanol–water partition coefficient (Wildman–Crippen LogP) is 1.31. The molecule has 1 saturated heterocycles. The van der Waals surface area contributed by atoms with Gasteiger partial charge in [0.15, 0.2) is 0 Å². The molecule has 15 heavy (non-hydrogen) atoms. The Morgan fingerprint density at radius 2 is 2.20 bits per heavy atom. The third-order valence-electron chi connectivity index (χ3n) is 3.48. The fraction of sp³-hybridized carbons (Fsp3) is 0.909. The Hall–Kier alpha value is -0.280. The second-order valence-electron chi connectivity index (χ2n) is 4.69. The van der Waals surface area contributed by atoms with Crippen LogP contribution in [-0.2, 0) is 4.79 Å². The van der Waals surface area contributed by atoms with Crippen LogP contribution in [0.5, 0.6) is 0 Å². The molecule has 1 heterocycles. The molecule has 0 unspecified atom stereocenters. The predicted molar refractivity (Wildman–Crippen MR) is 61.1 cm³/mol. The summed E-state index contributed by atoms with van der Waals surface area (Å²) in [5.41, 5.74) is 0. The molecule has 2 rings (SSSR count). The molecule has 3 nitrogen and oxygen atoms in total. The highest BCUT2D eigenvalue weighted by Crippen LogP contribution is 2.27. The van der Waals surface area contributed by atoms with Crippen LogP contribution in [0.2, 0.25) is 0 Å². The van der Waals surface area contributed by atoms with Gasteiger partial charge in [0.25, 0.3) is 0 Å². The first-order chi connectivity index (χ1) is 7.22. The molecular weight excluding hydrogens is 212 g/mol. The number of nitrogens with zero attached hydrogens (tertiary/aromatic N) is 2. The third kappa shape index (κ3) is 2.64. The van der Waals surface area contributed by atoms with Crippen LogP contribution in [0.1, 0.15) is 25.7 Å². The summed E-state index contributed by atoms with van der Waals surface area (Å²) in [4.78, 5) is 15.9. The van der Waals surface area contributed by atoms with Crippen molar-refractivity contribution in [1.82, 2.24) is 9.80 Å². The Balaban J connectivity index is 1.86. The first-order valence-corrected chi connectivity index (χ1v) is 6.31. The zero-order valence-corrected chi connectivity index (χ0v) is 10.0. The summed E-state index contributed by atoms with van der Waals surface area (Å²) in [5, 5.41) is 0. The third-order valence-corrected chi connectivity index (χ3v) is 3.71. The second-order valence-corrected chi connectivity index (χ2v) is 4.95. The number of alkyl halides is 1. The smallest absolute Gasteiger partial charge is 0.237 e. The van der Waals surface area contributed by atoms with Gasteiger partial charge in [-0.1, -0.05) is 0 Å². The van der Waals surface area contributed by atoms with Gasteiger partial charge in [0.2, 0.25) is 5.91 Å². The lowest BCUT2D eigenvalue weighted by Gasteiger charge is -2.28. The number of rotatable bonds is 4. The van der Waals surface area contributed by atoms with Crippen molar-refractivity contribution in [1.29, 1.82) is 0 Å². The normalized spacial score (nSPS) is 26.3. The van der Waals surface area contributed by atoms with Crippen molar-refractivity contribution in [3.05, 3.63) is 0 Å². The van der Waals surface area contributed by atoms with Crippen molar-refractivity contribution < 1.29 is 4.79 Å². The van der Waals surface area contributed by atoms with E-state index in [-0.39, 0.29) is 11.8 Å². The van der Waals surface area contributed by atoms with Crippen LogP contribution >= 0.6 is 11.6 Å². The highest BCUT2D eigenvalue weighted by atomic mass is 35.5. The number of amides is 1. The Morgan fingerprint density at radius 3 is 2.80 bits per heavy atom. The highest BCUT2D eigenvalue weighted by molar-refractivity contribution is 6.27. The van der Waals surface area contributed by atoms with Crippen molar-refractivity contribution >= 4 is 17.5 Å². The van der Waals surface area contributed by atoms with E-state index in [2.05, 4.69) is 11.9 Å². The van der Waals surface area contributed by atoms with Gasteiger partial charge < -0.3 is 9.80 Å². The Morgan fingerprint density at radius 1 is 1.47 bits per heavy atom. The molecule has 0 aromatic carbocycles. The van der Waals surface area contributed by atoms with Gasteiger partial charge in [0.1, 0.15) is 5.88 Å². The number of likely N-dealkylation sites (tertiary alicyclic amines) is 1. The summed E-state index contributed by atoms with van der Waals surface area (Å²) in [6, 6.07) is 1.18. The van der Waals surface area contributed by atoms with E-state index in [1.54, 1.807) is 0 Å². The molecule has 0 N–H and O–H groups in total. The molecule has 1 aliphatic carbocycles. The first kappa shape index (κ1) is 11.2. The molecule has 0 aromatic heterocycles. The molecule has 1 atom stereocenters. The lowest BCUT2D eigenvalue weighted by Crippen LogP contribution is -2.43. The minimum absolute atomic E-state index is 0.100. The number of halogens is 1. The van der Waals surface area contributed by atoms with Gasteiger partial charge in [0.05, 0.1) is 0 Å². The van der Waals surface area contributed by atoms with Crippen molar-refractivity contribution in [2.45, 2.75) is 37.8 Å². The number of likely N-dealkylation sites (N-methyl/N-ethyl adjacent to an activating group) is 1. The molecule has 86 valence electrons. The quantitative estimate of drug-likeness (QED) is 0.680. The Kier molecular flexibility index (Phi) is 3.52. The van der Waals surface area contributed by atoms with E-state index in [1.165, 1.54) is 12.8 Å². The van der Waals surface area contributed by atoms with Gasteiger partial charge in [-0.2, -0.15) is 0 Å². The summed E-state index contributed by atoms with van der Waals surface area (Å²) in [7, 11) is 2.17. The number of hydrogen-bond donors (Lipinski definition) is 0. The molecule has 0 aromatic rings. The molecular formula is C11H19ClN2O. The van der Waals surface area contributed by atoms with E-state index in [0.29, 0.717) is 6.04 Å². The number of carbonyl (C=O) groups is 1. The zero-order valence-electron chi connectivity index (χ0n) is 9.29. The largest absolute Gasteiger partial charge is 0.337 e. The number of hydrogen-bond acceptors (Lipinski definition) is 2. The highest BCUT2D eigenvalue weighted by Gasteiger charge is 2.33. The maximum absolute atomic E-state index is 11.6. The monoisotopic (exact) mass is 230 g/mol. The van der Waals surface area contributed by atoms with Gasteiger partial charge in [-0.25, -0.2) is 0 Å². The minimum Gasteiger partial charge on any atom is -0.337 e. The van der Waals surface area contributed by atoms with E-state index in [1.807, 2.05) is 4.90 Å². The molecule has 1 saturated carbocycles. The van der Waals surface area contributed by atoms with Crippen LogP contribution in [0.15, 0.2) is 0 Å². The van der Waals surface area contributed by atoms with Crippen molar-refractivity contribution in [3.63, 3.8) is 0 Å². The molecule has 0 radical (unpaired) electrons. The zero-order chi connectivity index (χ0) is 10.8.